The first kappa shape index (κ1) is 21.5. The van der Waals surface area contributed by atoms with E-state index in [9.17, 15) is 18.0 Å². The van der Waals surface area contributed by atoms with Gasteiger partial charge in [0.05, 0.1) is 6.04 Å². The fourth-order valence-electron chi connectivity index (χ4n) is 3.51. The Morgan fingerprint density at radius 1 is 1.13 bits per heavy atom. The van der Waals surface area contributed by atoms with Gasteiger partial charge in [-0.1, -0.05) is 41.4 Å². The molecule has 0 saturated heterocycles. The lowest BCUT2D eigenvalue weighted by molar-refractivity contribution is -0.173. The average Bonchev–Trinajstić information content (AvgIpc) is 3.14. The molecule has 4 rings (SSSR count). The van der Waals surface area contributed by atoms with Gasteiger partial charge in [-0.2, -0.15) is 18.3 Å². The molecule has 2 heterocycles. The second-order valence-electron chi connectivity index (χ2n) is 7.31. The van der Waals surface area contributed by atoms with Gasteiger partial charge in [0, 0.05) is 28.2 Å². The molecule has 2 aromatic carbocycles. The van der Waals surface area contributed by atoms with Crippen LogP contribution in [0.5, 0.6) is 0 Å². The quantitative estimate of drug-likeness (QED) is 0.466. The Morgan fingerprint density at radius 2 is 1.81 bits per heavy atom. The molecular weight excluding hydrogens is 452 g/mol. The molecule has 0 spiro atoms. The summed E-state index contributed by atoms with van der Waals surface area (Å²) in [7, 11) is 0. The molecule has 10 heteroatoms. The number of fused-ring (bicyclic) bond motifs is 1. The lowest BCUT2D eigenvalue weighted by Gasteiger charge is -2.33. The lowest BCUT2D eigenvalue weighted by Crippen LogP contribution is -2.35. The molecule has 0 saturated carbocycles. The third kappa shape index (κ3) is 4.50. The molecular formula is C21H17Cl2F3N4O. The fourth-order valence-corrected chi connectivity index (χ4v) is 3.81. The highest BCUT2D eigenvalue weighted by Gasteiger charge is 2.46. The maximum absolute atomic E-state index is 13.8. The Hall–Kier alpha value is -2.71. The van der Waals surface area contributed by atoms with Gasteiger partial charge in [0.15, 0.2) is 11.7 Å². The highest BCUT2D eigenvalue weighted by molar-refractivity contribution is 6.31. The van der Waals surface area contributed by atoms with Gasteiger partial charge in [-0.25, -0.2) is 4.68 Å². The smallest absolute Gasteiger partial charge is 0.363 e. The van der Waals surface area contributed by atoms with E-state index in [4.69, 9.17) is 23.2 Å². The van der Waals surface area contributed by atoms with Crippen molar-refractivity contribution in [1.29, 1.82) is 0 Å². The summed E-state index contributed by atoms with van der Waals surface area (Å²) in [5, 5.41) is 10.6. The molecule has 0 aliphatic carbocycles. The van der Waals surface area contributed by atoms with Crippen LogP contribution in [0.1, 0.15) is 40.1 Å². The highest BCUT2D eigenvalue weighted by Crippen LogP contribution is 2.43. The predicted octanol–water partition coefficient (Wildman–Crippen LogP) is 6.41. The Labute approximate surface area is 186 Å². The number of carbonyl (C=O) groups is 1. The summed E-state index contributed by atoms with van der Waals surface area (Å²) in [6.07, 6.45) is -4.81. The van der Waals surface area contributed by atoms with E-state index in [2.05, 4.69) is 15.7 Å². The van der Waals surface area contributed by atoms with Crippen LogP contribution in [-0.4, -0.2) is 21.9 Å². The van der Waals surface area contributed by atoms with Gasteiger partial charge in [-0.05, 0) is 42.3 Å². The van der Waals surface area contributed by atoms with Crippen LogP contribution in [0.2, 0.25) is 10.0 Å². The molecule has 2 atom stereocenters. The minimum absolute atomic E-state index is 0.112. The standard InChI is InChI=1S/C21H17Cl2F3N4O/c1-11-2-5-14(23)8-15(11)28-20(31)17-10-19-27-16(12-3-6-13(22)7-4-12)9-18(21(24,25)26)30(19)29-17/h2-8,10,16,18,27H,9H2,1H3,(H,28,31). The van der Waals surface area contributed by atoms with Crippen molar-refractivity contribution < 1.29 is 18.0 Å². The van der Waals surface area contributed by atoms with Gasteiger partial charge in [0.1, 0.15) is 5.82 Å². The number of rotatable bonds is 3. The highest BCUT2D eigenvalue weighted by atomic mass is 35.5. The number of hydrogen-bond donors (Lipinski definition) is 2. The van der Waals surface area contributed by atoms with Gasteiger partial charge in [-0.3, -0.25) is 4.79 Å². The number of anilines is 2. The van der Waals surface area contributed by atoms with E-state index in [0.29, 0.717) is 21.3 Å². The minimum Gasteiger partial charge on any atom is -0.363 e. The SMILES string of the molecule is Cc1ccc(Cl)cc1NC(=O)c1cc2n(n1)C(C(F)(F)F)CC(c1ccc(Cl)cc1)N2. The lowest BCUT2D eigenvalue weighted by atomic mass is 9.97. The maximum atomic E-state index is 13.8. The van der Waals surface area contributed by atoms with Crippen LogP contribution in [0.4, 0.5) is 24.7 Å². The molecule has 1 aliphatic rings. The van der Waals surface area contributed by atoms with Crippen molar-refractivity contribution in [2.45, 2.75) is 31.6 Å². The molecule has 162 valence electrons. The Balaban J connectivity index is 1.65. The molecule has 0 radical (unpaired) electrons. The number of aryl methyl sites for hydroxylation is 1. The molecule has 1 amide bonds. The Bertz CT molecular complexity index is 1130. The van der Waals surface area contributed by atoms with Crippen molar-refractivity contribution in [2.75, 3.05) is 10.6 Å². The van der Waals surface area contributed by atoms with Gasteiger partial charge in [0.2, 0.25) is 0 Å². The predicted molar refractivity (Wildman–Crippen MR) is 114 cm³/mol. The van der Waals surface area contributed by atoms with Crippen molar-refractivity contribution >= 4 is 40.6 Å². The molecule has 1 aliphatic heterocycles. The number of aromatic nitrogens is 2. The first-order valence-electron chi connectivity index (χ1n) is 9.37. The van der Waals surface area contributed by atoms with Crippen LogP contribution in [0.15, 0.2) is 48.5 Å². The first-order valence-corrected chi connectivity index (χ1v) is 10.1. The number of nitrogens with one attached hydrogen (secondary N) is 2. The van der Waals surface area contributed by atoms with Gasteiger partial charge in [-0.15, -0.1) is 0 Å². The summed E-state index contributed by atoms with van der Waals surface area (Å²) in [6.45, 7) is 1.78. The zero-order valence-electron chi connectivity index (χ0n) is 16.2. The maximum Gasteiger partial charge on any atom is 0.410 e. The summed E-state index contributed by atoms with van der Waals surface area (Å²) >= 11 is 11.9. The molecule has 0 bridgehead atoms. The molecule has 2 unspecified atom stereocenters. The summed E-state index contributed by atoms with van der Waals surface area (Å²) in [6, 6.07) is 10.4. The fraction of sp³-hybridized carbons (Fsp3) is 0.238. The number of benzene rings is 2. The molecule has 2 N–H and O–H groups in total. The molecule has 0 fully saturated rings. The van der Waals surface area contributed by atoms with E-state index >= 15 is 0 Å². The van der Waals surface area contributed by atoms with E-state index < -0.39 is 24.2 Å². The van der Waals surface area contributed by atoms with E-state index in [1.807, 2.05) is 0 Å². The summed E-state index contributed by atoms with van der Waals surface area (Å²) < 4.78 is 42.2. The minimum atomic E-state index is -4.54. The number of amides is 1. The molecule has 1 aromatic heterocycles. The first-order chi connectivity index (χ1) is 14.6. The Kier molecular flexibility index (Phi) is 5.61. The third-order valence-electron chi connectivity index (χ3n) is 5.14. The zero-order valence-corrected chi connectivity index (χ0v) is 17.7. The van der Waals surface area contributed by atoms with Crippen molar-refractivity contribution in [2.24, 2.45) is 0 Å². The average molecular weight is 469 g/mol. The van der Waals surface area contributed by atoms with Crippen molar-refractivity contribution in [1.82, 2.24) is 9.78 Å². The van der Waals surface area contributed by atoms with Crippen molar-refractivity contribution in [3.05, 3.63) is 75.4 Å². The number of halogens is 5. The van der Waals surface area contributed by atoms with Crippen LogP contribution in [-0.2, 0) is 0 Å². The van der Waals surface area contributed by atoms with Crippen LogP contribution in [0, 0.1) is 6.92 Å². The van der Waals surface area contributed by atoms with Crippen LogP contribution < -0.4 is 10.6 Å². The van der Waals surface area contributed by atoms with Crippen LogP contribution in [0.25, 0.3) is 0 Å². The second-order valence-corrected chi connectivity index (χ2v) is 8.19. The molecule has 31 heavy (non-hydrogen) atoms. The van der Waals surface area contributed by atoms with Gasteiger partial charge >= 0.3 is 6.18 Å². The van der Waals surface area contributed by atoms with E-state index in [0.717, 1.165) is 10.2 Å². The second kappa shape index (κ2) is 8.09. The molecule has 5 nitrogen and oxygen atoms in total. The molecule has 3 aromatic rings. The normalized spacial score (nSPS) is 18.3. The van der Waals surface area contributed by atoms with Gasteiger partial charge in [0.25, 0.3) is 5.91 Å². The topological polar surface area (TPSA) is 59.0 Å². The van der Waals surface area contributed by atoms with Crippen molar-refractivity contribution in [3.63, 3.8) is 0 Å². The largest absolute Gasteiger partial charge is 0.410 e. The van der Waals surface area contributed by atoms with Crippen LogP contribution in [0.3, 0.4) is 0 Å². The third-order valence-corrected chi connectivity index (χ3v) is 5.63. The zero-order chi connectivity index (χ0) is 22.3. The summed E-state index contributed by atoms with van der Waals surface area (Å²) in [4.78, 5) is 12.7. The van der Waals surface area contributed by atoms with Crippen LogP contribution >= 0.6 is 23.2 Å². The van der Waals surface area contributed by atoms with E-state index in [1.54, 1.807) is 49.4 Å². The Morgan fingerprint density at radius 3 is 2.48 bits per heavy atom. The van der Waals surface area contributed by atoms with E-state index in [1.165, 1.54) is 6.07 Å². The summed E-state index contributed by atoms with van der Waals surface area (Å²) in [5.74, 6) is -0.514. The van der Waals surface area contributed by atoms with E-state index in [-0.39, 0.29) is 17.9 Å². The van der Waals surface area contributed by atoms with Gasteiger partial charge < -0.3 is 10.6 Å². The number of alkyl halides is 3. The summed E-state index contributed by atoms with van der Waals surface area (Å²) in [5.41, 5.74) is 1.75. The monoisotopic (exact) mass is 468 g/mol. The number of hydrogen-bond acceptors (Lipinski definition) is 3. The number of nitrogens with zero attached hydrogens (tertiary/aromatic N) is 2. The van der Waals surface area contributed by atoms with Crippen molar-refractivity contribution in [3.8, 4) is 0 Å². The number of carbonyl (C=O) groups excluding carboxylic acids is 1.